The van der Waals surface area contributed by atoms with Crippen LogP contribution in [0.4, 0.5) is 5.82 Å². The molecule has 0 aromatic carbocycles. The second-order valence-corrected chi connectivity index (χ2v) is 3.73. The molecule has 0 fully saturated rings. The highest BCUT2D eigenvalue weighted by atomic mass is 16.5. The van der Waals surface area contributed by atoms with Gasteiger partial charge in [0.05, 0.1) is 6.61 Å². The largest absolute Gasteiger partial charge is 0.463 e. The van der Waals surface area contributed by atoms with Crippen LogP contribution >= 0.6 is 0 Å². The van der Waals surface area contributed by atoms with Gasteiger partial charge < -0.3 is 10.1 Å². The number of nitrogens with zero attached hydrogens (tertiary/aromatic N) is 2. The first-order valence-corrected chi connectivity index (χ1v) is 5.44. The summed E-state index contributed by atoms with van der Waals surface area (Å²) in [5.74, 6) is 0.812. The Kier molecular flexibility index (Phi) is 4.87. The van der Waals surface area contributed by atoms with E-state index in [0.29, 0.717) is 18.7 Å². The van der Waals surface area contributed by atoms with E-state index in [1.165, 1.54) is 0 Å². The number of nitrogens with one attached hydrogen (secondary N) is 1. The van der Waals surface area contributed by atoms with Gasteiger partial charge in [0.2, 0.25) is 0 Å². The van der Waals surface area contributed by atoms with Gasteiger partial charge in [0.25, 0.3) is 0 Å². The molecule has 0 aliphatic rings. The summed E-state index contributed by atoms with van der Waals surface area (Å²) in [5.41, 5.74) is 0. The van der Waals surface area contributed by atoms with Crippen LogP contribution < -0.4 is 10.1 Å². The summed E-state index contributed by atoms with van der Waals surface area (Å²) in [6, 6.07) is 2.66. The van der Waals surface area contributed by atoms with Gasteiger partial charge in [0, 0.05) is 12.2 Å². The minimum absolute atomic E-state index is 0.364. The predicted octanol–water partition coefficient (Wildman–Crippen LogP) is 2.48. The lowest BCUT2D eigenvalue weighted by Gasteiger charge is -2.09. The first kappa shape index (κ1) is 11.8. The fourth-order valence-corrected chi connectivity index (χ4v) is 1.09. The molecular weight excluding hydrogens is 190 g/mol. The van der Waals surface area contributed by atoms with Gasteiger partial charge in [-0.3, -0.25) is 0 Å². The molecular formula is C11H19N3O. The van der Waals surface area contributed by atoms with Gasteiger partial charge in [0.15, 0.2) is 0 Å². The minimum atomic E-state index is 0.364. The number of anilines is 1. The van der Waals surface area contributed by atoms with E-state index in [4.69, 9.17) is 4.74 Å². The van der Waals surface area contributed by atoms with E-state index >= 15 is 0 Å². The zero-order valence-corrected chi connectivity index (χ0v) is 9.66. The van der Waals surface area contributed by atoms with Crippen LogP contribution in [0.5, 0.6) is 6.01 Å². The van der Waals surface area contributed by atoms with Crippen molar-refractivity contribution in [3.05, 3.63) is 12.3 Å². The lowest BCUT2D eigenvalue weighted by molar-refractivity contribution is 0.285. The highest BCUT2D eigenvalue weighted by Crippen LogP contribution is 2.09. The average molecular weight is 209 g/mol. The number of hydrogen-bond acceptors (Lipinski definition) is 4. The molecule has 4 heteroatoms. The molecule has 0 spiro atoms. The van der Waals surface area contributed by atoms with Gasteiger partial charge in [-0.25, -0.2) is 4.98 Å². The number of aromatic nitrogens is 2. The monoisotopic (exact) mass is 209 g/mol. The van der Waals surface area contributed by atoms with Crippen molar-refractivity contribution in [3.8, 4) is 6.01 Å². The van der Waals surface area contributed by atoms with E-state index in [-0.39, 0.29) is 0 Å². The van der Waals surface area contributed by atoms with Crippen molar-refractivity contribution in [2.24, 2.45) is 0 Å². The first-order chi connectivity index (χ1) is 7.22. The Morgan fingerprint density at radius 1 is 1.47 bits per heavy atom. The van der Waals surface area contributed by atoms with Crippen molar-refractivity contribution in [2.45, 2.75) is 39.7 Å². The van der Waals surface area contributed by atoms with Crippen molar-refractivity contribution in [1.29, 1.82) is 0 Å². The molecule has 0 saturated heterocycles. The summed E-state index contributed by atoms with van der Waals surface area (Å²) in [4.78, 5) is 8.29. The van der Waals surface area contributed by atoms with E-state index in [0.717, 1.165) is 18.7 Å². The molecule has 0 radical (unpaired) electrons. The molecule has 1 rings (SSSR count). The topological polar surface area (TPSA) is 47.0 Å². The highest BCUT2D eigenvalue weighted by molar-refractivity contribution is 5.34. The quantitative estimate of drug-likeness (QED) is 0.731. The lowest BCUT2D eigenvalue weighted by Crippen LogP contribution is -2.11. The van der Waals surface area contributed by atoms with Gasteiger partial charge in [-0.05, 0) is 26.3 Å². The van der Waals surface area contributed by atoms with Gasteiger partial charge in [-0.2, -0.15) is 4.98 Å². The van der Waals surface area contributed by atoms with E-state index < -0.39 is 0 Å². The maximum atomic E-state index is 5.41. The zero-order chi connectivity index (χ0) is 11.1. The Morgan fingerprint density at radius 2 is 2.27 bits per heavy atom. The minimum Gasteiger partial charge on any atom is -0.463 e. The zero-order valence-electron chi connectivity index (χ0n) is 9.66. The van der Waals surface area contributed by atoms with Gasteiger partial charge in [-0.1, -0.05) is 13.3 Å². The Balaban J connectivity index is 2.50. The second-order valence-electron chi connectivity index (χ2n) is 3.73. The van der Waals surface area contributed by atoms with Crippen molar-refractivity contribution in [3.63, 3.8) is 0 Å². The molecule has 1 aromatic heterocycles. The van der Waals surface area contributed by atoms with Crippen molar-refractivity contribution in [1.82, 2.24) is 9.97 Å². The van der Waals surface area contributed by atoms with Crippen molar-refractivity contribution in [2.75, 3.05) is 11.9 Å². The molecule has 84 valence electrons. The smallest absolute Gasteiger partial charge is 0.318 e. The Morgan fingerprint density at radius 3 is 2.93 bits per heavy atom. The molecule has 0 amide bonds. The van der Waals surface area contributed by atoms with E-state index in [2.05, 4.69) is 36.1 Å². The van der Waals surface area contributed by atoms with Crippen LogP contribution in [0.2, 0.25) is 0 Å². The predicted molar refractivity (Wildman–Crippen MR) is 61.2 cm³/mol. The maximum absolute atomic E-state index is 5.41. The van der Waals surface area contributed by atoms with Gasteiger partial charge >= 0.3 is 6.01 Å². The molecule has 0 atom stereocenters. The fourth-order valence-electron chi connectivity index (χ4n) is 1.09. The summed E-state index contributed by atoms with van der Waals surface area (Å²) in [5, 5.41) is 3.20. The Labute approximate surface area is 91.1 Å². The van der Waals surface area contributed by atoms with E-state index in [1.807, 2.05) is 6.07 Å². The van der Waals surface area contributed by atoms with Crippen LogP contribution in [0.3, 0.4) is 0 Å². The Hall–Kier alpha value is -1.32. The van der Waals surface area contributed by atoms with Crippen LogP contribution in [0, 0.1) is 0 Å². The molecule has 0 unspecified atom stereocenters. The van der Waals surface area contributed by atoms with E-state index in [9.17, 15) is 0 Å². The molecule has 4 nitrogen and oxygen atoms in total. The first-order valence-electron chi connectivity index (χ1n) is 5.44. The summed E-state index contributed by atoms with van der Waals surface area (Å²) in [7, 11) is 0. The fraction of sp³-hybridized carbons (Fsp3) is 0.636. The molecule has 1 aromatic rings. The van der Waals surface area contributed by atoms with Crippen LogP contribution in [0.1, 0.15) is 33.6 Å². The number of hydrogen-bond donors (Lipinski definition) is 1. The van der Waals surface area contributed by atoms with Crippen LogP contribution in [0.15, 0.2) is 12.3 Å². The summed E-state index contributed by atoms with van der Waals surface area (Å²) in [6.07, 6.45) is 3.86. The van der Waals surface area contributed by atoms with E-state index in [1.54, 1.807) is 6.20 Å². The Bertz CT molecular complexity index is 289. The standard InChI is InChI=1S/C11H19N3O/c1-4-5-8-15-11-12-7-6-10(14-11)13-9(2)3/h6-7,9H,4-5,8H2,1-3H3,(H,12,13,14). The van der Waals surface area contributed by atoms with Gasteiger partial charge in [-0.15, -0.1) is 0 Å². The average Bonchev–Trinajstić information content (AvgIpc) is 2.18. The highest BCUT2D eigenvalue weighted by Gasteiger charge is 2.00. The van der Waals surface area contributed by atoms with Gasteiger partial charge in [0.1, 0.15) is 5.82 Å². The molecule has 0 aliphatic carbocycles. The molecule has 0 aliphatic heterocycles. The second kappa shape index (κ2) is 6.22. The SMILES string of the molecule is CCCCOc1nccc(NC(C)C)n1. The van der Waals surface area contributed by atoms with Crippen LogP contribution in [-0.4, -0.2) is 22.6 Å². The molecule has 15 heavy (non-hydrogen) atoms. The number of unbranched alkanes of at least 4 members (excludes halogenated alkanes) is 1. The van der Waals surface area contributed by atoms with Crippen molar-refractivity contribution >= 4 is 5.82 Å². The maximum Gasteiger partial charge on any atom is 0.318 e. The molecule has 0 bridgehead atoms. The third-order valence-corrected chi connectivity index (χ3v) is 1.80. The lowest BCUT2D eigenvalue weighted by atomic mass is 10.4. The van der Waals surface area contributed by atoms with Crippen LogP contribution in [0.25, 0.3) is 0 Å². The van der Waals surface area contributed by atoms with Crippen LogP contribution in [-0.2, 0) is 0 Å². The summed E-state index contributed by atoms with van der Waals surface area (Å²) < 4.78 is 5.41. The third-order valence-electron chi connectivity index (χ3n) is 1.80. The van der Waals surface area contributed by atoms with Crippen molar-refractivity contribution < 1.29 is 4.74 Å². The third kappa shape index (κ3) is 4.63. The summed E-state index contributed by atoms with van der Waals surface area (Å²) >= 11 is 0. The molecule has 0 saturated carbocycles. The molecule has 1 N–H and O–H groups in total. The molecule has 1 heterocycles. The number of ether oxygens (including phenoxy) is 1. The normalized spacial score (nSPS) is 10.4. The summed E-state index contributed by atoms with van der Waals surface area (Å²) in [6.45, 7) is 6.95. The number of rotatable bonds is 6.